The number of hydrogen-bond donors (Lipinski definition) is 2. The van der Waals surface area contributed by atoms with E-state index in [1.54, 1.807) is 23.1 Å². The molecule has 5 atom stereocenters. The molecule has 2 aliphatic rings. The van der Waals surface area contributed by atoms with Gasteiger partial charge in [0.1, 0.15) is 6.04 Å². The summed E-state index contributed by atoms with van der Waals surface area (Å²) in [4.78, 5) is 30.2. The highest BCUT2D eigenvalue weighted by atomic mass is 32.2. The van der Waals surface area contributed by atoms with Crippen LogP contribution in [0.2, 0.25) is 0 Å². The van der Waals surface area contributed by atoms with Gasteiger partial charge in [-0.05, 0) is 64.9 Å². The number of aliphatic hydroxyl groups excluding tert-OH is 1. The van der Waals surface area contributed by atoms with E-state index in [9.17, 15) is 27.9 Å². The summed E-state index contributed by atoms with van der Waals surface area (Å²) in [7, 11) is 0. The number of thiazole rings is 1. The summed E-state index contributed by atoms with van der Waals surface area (Å²) in [6.45, 7) is 2.07. The number of rotatable bonds is 10. The average Bonchev–Trinajstić information content (AvgIpc) is 3.84. The van der Waals surface area contributed by atoms with Crippen molar-refractivity contribution in [1.82, 2.24) is 15.2 Å². The first-order valence-electron chi connectivity index (χ1n) is 17.4. The summed E-state index contributed by atoms with van der Waals surface area (Å²) in [6, 6.07) is 30.2. The number of carbonyl (C=O) groups is 2. The molecule has 2 fully saturated rings. The van der Waals surface area contributed by atoms with E-state index in [-0.39, 0.29) is 44.2 Å². The minimum atomic E-state index is -5.03. The van der Waals surface area contributed by atoms with Crippen LogP contribution in [-0.2, 0) is 32.2 Å². The molecule has 2 saturated heterocycles. The third-order valence-corrected chi connectivity index (χ3v) is 12.0. The van der Waals surface area contributed by atoms with Crippen LogP contribution in [0, 0.1) is 5.92 Å². The van der Waals surface area contributed by atoms with Gasteiger partial charge in [0.25, 0.3) is 0 Å². The molecule has 0 aliphatic carbocycles. The van der Waals surface area contributed by atoms with Crippen LogP contribution in [0.25, 0.3) is 21.3 Å². The normalized spacial score (nSPS) is 21.9. The summed E-state index contributed by atoms with van der Waals surface area (Å²) >= 11 is 3.33. The van der Waals surface area contributed by atoms with Crippen molar-refractivity contribution in [2.24, 2.45) is 5.92 Å². The van der Waals surface area contributed by atoms with Crippen molar-refractivity contribution in [2.45, 2.75) is 68.0 Å². The van der Waals surface area contributed by atoms with E-state index in [1.165, 1.54) is 0 Å². The minimum Gasteiger partial charge on any atom is -0.392 e. The van der Waals surface area contributed by atoms with Crippen molar-refractivity contribution in [3.8, 4) is 11.1 Å². The topological polar surface area (TPSA) is 101 Å². The number of aliphatic hydroxyl groups is 1. The highest BCUT2D eigenvalue weighted by Gasteiger charge is 2.47. The molecule has 2 N–H and O–H groups in total. The zero-order chi connectivity index (χ0) is 37.1. The number of para-hydroxylation sites is 1. The number of nitrogens with zero attached hydrogens (tertiary/aromatic N) is 2. The predicted molar refractivity (Wildman–Crippen MR) is 198 cm³/mol. The van der Waals surface area contributed by atoms with Gasteiger partial charge in [-0.3, -0.25) is 9.59 Å². The summed E-state index contributed by atoms with van der Waals surface area (Å²) in [6.07, 6.45) is -5.64. The molecule has 0 saturated carbocycles. The molecule has 1 aromatic heterocycles. The van der Waals surface area contributed by atoms with Crippen molar-refractivity contribution in [3.63, 3.8) is 0 Å². The van der Waals surface area contributed by atoms with Crippen molar-refractivity contribution in [2.75, 3.05) is 12.3 Å². The van der Waals surface area contributed by atoms with E-state index in [1.807, 2.05) is 91.0 Å². The van der Waals surface area contributed by atoms with E-state index in [0.29, 0.717) is 17.1 Å². The first kappa shape index (κ1) is 37.1. The largest absolute Gasteiger partial charge is 0.471 e. The van der Waals surface area contributed by atoms with Crippen LogP contribution in [0.1, 0.15) is 54.4 Å². The van der Waals surface area contributed by atoms with Gasteiger partial charge in [-0.15, -0.1) is 11.3 Å². The van der Waals surface area contributed by atoms with Gasteiger partial charge in [0.05, 0.1) is 29.0 Å². The fraction of sp³-hybridized carbons (Fsp3) is 0.325. The lowest BCUT2D eigenvalue weighted by Crippen LogP contribution is -2.50. The molecule has 13 heteroatoms. The lowest BCUT2D eigenvalue weighted by molar-refractivity contribution is -0.268. The number of ether oxygens (including phenoxy) is 2. The minimum absolute atomic E-state index is 0.00562. The standard InChI is InChI=1S/C40H38F3N3O5S2/c1-24-33(23-52-39-45-31-11-2-3-13-34(31)53-39)50-37(51-35(24)27-16-14-25(22-47)15-17-27)30-10-5-9-29(20-30)28-8-4-7-26(19-28)21-44-36(48)32-12-6-18-46(32)38(49)40(41,42)43/h2-5,7-11,13-17,19-20,24,32-33,35,37,47H,6,12,18,21-23H2,1H3,(H,44,48). The Morgan fingerprint density at radius 2 is 1.70 bits per heavy atom. The molecule has 2 aliphatic heterocycles. The van der Waals surface area contributed by atoms with Gasteiger partial charge in [0.15, 0.2) is 10.6 Å². The number of halogens is 3. The molecule has 0 bridgehead atoms. The van der Waals surface area contributed by atoms with Crippen molar-refractivity contribution in [3.05, 3.63) is 119 Å². The number of aromatic nitrogens is 1. The molecular weight excluding hydrogens is 724 g/mol. The van der Waals surface area contributed by atoms with E-state index in [0.717, 1.165) is 47.9 Å². The quantitative estimate of drug-likeness (QED) is 0.139. The predicted octanol–water partition coefficient (Wildman–Crippen LogP) is 8.21. The van der Waals surface area contributed by atoms with Crippen molar-refractivity contribution in [1.29, 1.82) is 0 Å². The van der Waals surface area contributed by atoms with Crippen LogP contribution in [0.15, 0.2) is 101 Å². The number of alkyl halides is 3. The van der Waals surface area contributed by atoms with Crippen LogP contribution in [0.3, 0.4) is 0 Å². The van der Waals surface area contributed by atoms with Gasteiger partial charge in [0.2, 0.25) is 5.91 Å². The monoisotopic (exact) mass is 761 g/mol. The molecule has 5 unspecified atom stereocenters. The maximum atomic E-state index is 13.1. The van der Waals surface area contributed by atoms with Gasteiger partial charge in [0, 0.05) is 30.3 Å². The Morgan fingerprint density at radius 1 is 0.943 bits per heavy atom. The number of likely N-dealkylation sites (tertiary alicyclic amines) is 1. The third kappa shape index (κ3) is 8.44. The molecule has 3 heterocycles. The van der Waals surface area contributed by atoms with Crippen LogP contribution in [0.4, 0.5) is 13.2 Å². The Kier molecular flexibility index (Phi) is 11.2. The molecule has 0 radical (unpaired) electrons. The van der Waals surface area contributed by atoms with Gasteiger partial charge >= 0.3 is 12.1 Å². The molecule has 4 aromatic carbocycles. The molecule has 8 nitrogen and oxygen atoms in total. The summed E-state index contributed by atoms with van der Waals surface area (Å²) in [5, 5.41) is 12.3. The zero-order valence-electron chi connectivity index (χ0n) is 28.8. The third-order valence-electron chi connectivity index (χ3n) is 9.71. The number of thioether (sulfide) groups is 1. The maximum absolute atomic E-state index is 13.1. The number of benzene rings is 4. The Balaban J connectivity index is 1.08. The van der Waals surface area contributed by atoms with Crippen molar-refractivity contribution < 1.29 is 37.3 Å². The Morgan fingerprint density at radius 3 is 2.45 bits per heavy atom. The second-order valence-electron chi connectivity index (χ2n) is 13.3. The van der Waals surface area contributed by atoms with Crippen molar-refractivity contribution >= 4 is 45.1 Å². The van der Waals surface area contributed by atoms with Crippen LogP contribution in [-0.4, -0.2) is 57.4 Å². The fourth-order valence-electron chi connectivity index (χ4n) is 6.85. The zero-order valence-corrected chi connectivity index (χ0v) is 30.4. The smallest absolute Gasteiger partial charge is 0.392 e. The second kappa shape index (κ2) is 16.0. The Hall–Kier alpha value is -4.27. The van der Waals surface area contributed by atoms with Gasteiger partial charge in [-0.1, -0.05) is 91.5 Å². The number of carbonyl (C=O) groups excluding carboxylic acids is 2. The first-order chi connectivity index (χ1) is 25.6. The number of amides is 2. The molecule has 53 heavy (non-hydrogen) atoms. The van der Waals surface area contributed by atoms with E-state index >= 15 is 0 Å². The van der Waals surface area contributed by atoms with Crippen LogP contribution in [0.5, 0.6) is 0 Å². The van der Waals surface area contributed by atoms with Gasteiger partial charge < -0.3 is 24.8 Å². The highest BCUT2D eigenvalue weighted by Crippen LogP contribution is 2.44. The maximum Gasteiger partial charge on any atom is 0.471 e. The molecule has 0 spiro atoms. The SMILES string of the molecule is CC1C(CSc2nc3ccccc3s2)OC(c2cccc(-c3cccc(CNC(=O)C4CCCN4C(=O)C(F)(F)F)c3)c2)OC1c1ccc(CO)cc1. The van der Waals surface area contributed by atoms with Gasteiger partial charge in [-0.2, -0.15) is 13.2 Å². The summed E-state index contributed by atoms with van der Waals surface area (Å²) < 4.78 is 54.8. The van der Waals surface area contributed by atoms with E-state index in [4.69, 9.17) is 14.5 Å². The van der Waals surface area contributed by atoms with E-state index in [2.05, 4.69) is 18.3 Å². The molecule has 276 valence electrons. The summed E-state index contributed by atoms with van der Waals surface area (Å²) in [5.41, 5.74) is 6.13. The second-order valence-corrected chi connectivity index (χ2v) is 15.6. The Labute approximate surface area is 313 Å². The highest BCUT2D eigenvalue weighted by molar-refractivity contribution is 8.01. The first-order valence-corrected chi connectivity index (χ1v) is 19.2. The number of fused-ring (bicyclic) bond motifs is 1. The number of nitrogens with one attached hydrogen (secondary N) is 1. The molecule has 5 aromatic rings. The van der Waals surface area contributed by atoms with Gasteiger partial charge in [-0.25, -0.2) is 4.98 Å². The average molecular weight is 762 g/mol. The summed E-state index contributed by atoms with van der Waals surface area (Å²) in [5.74, 6) is -1.92. The lowest BCUT2D eigenvalue weighted by atomic mass is 9.91. The molecule has 2 amide bonds. The van der Waals surface area contributed by atoms with Crippen LogP contribution >= 0.6 is 23.1 Å². The lowest BCUT2D eigenvalue weighted by Gasteiger charge is -2.41. The van der Waals surface area contributed by atoms with Crippen LogP contribution < -0.4 is 5.32 Å². The Bertz CT molecular complexity index is 2040. The molecule has 7 rings (SSSR count). The molecular formula is C40H38F3N3O5S2. The number of hydrogen-bond acceptors (Lipinski definition) is 8. The fourth-order valence-corrected chi connectivity index (χ4v) is 9.11. The van der Waals surface area contributed by atoms with E-state index < -0.39 is 30.3 Å².